The van der Waals surface area contributed by atoms with Gasteiger partial charge in [0, 0.05) is 16.3 Å². The molecular formula is C17H15FN2S2. The number of thiazole rings is 2. The Balaban J connectivity index is 1.97. The molecule has 2 heterocycles. The van der Waals surface area contributed by atoms with E-state index in [-0.39, 0.29) is 0 Å². The zero-order chi connectivity index (χ0) is 15.5. The molecule has 0 unspecified atom stereocenters. The smallest absolute Gasteiger partial charge is 0.143 e. The minimum atomic E-state index is 0.520. The molecule has 22 heavy (non-hydrogen) atoms. The highest BCUT2D eigenvalue weighted by atomic mass is 32.1. The lowest BCUT2D eigenvalue weighted by atomic mass is 10.00. The van der Waals surface area contributed by atoms with E-state index in [0.717, 1.165) is 33.3 Å². The molecule has 2 aromatic heterocycles. The SMILES string of the molecule is CCc1nc(-c2nc(C(=CF)c3ccccc3C)cs2)cs1. The molecule has 0 saturated carbocycles. The highest BCUT2D eigenvalue weighted by molar-refractivity contribution is 7.14. The predicted octanol–water partition coefficient (Wildman–Crippen LogP) is 5.50. The van der Waals surface area contributed by atoms with Crippen LogP contribution in [-0.4, -0.2) is 9.97 Å². The quantitative estimate of drug-likeness (QED) is 0.631. The Hall–Kier alpha value is -1.85. The van der Waals surface area contributed by atoms with Crippen LogP contribution in [0.15, 0.2) is 41.4 Å². The standard InChI is InChI=1S/C17H15FN2S2/c1-3-16-19-15(10-21-16)17-20-14(9-22-17)13(8-18)12-7-5-4-6-11(12)2/h4-10H,3H2,1-2H3. The Morgan fingerprint density at radius 2 is 2.00 bits per heavy atom. The maximum Gasteiger partial charge on any atom is 0.143 e. The number of hydrogen-bond donors (Lipinski definition) is 0. The molecule has 3 aromatic rings. The van der Waals surface area contributed by atoms with Crippen molar-refractivity contribution >= 4 is 28.2 Å². The largest absolute Gasteiger partial charge is 0.239 e. The van der Waals surface area contributed by atoms with Gasteiger partial charge in [0.05, 0.1) is 17.0 Å². The van der Waals surface area contributed by atoms with E-state index in [9.17, 15) is 4.39 Å². The van der Waals surface area contributed by atoms with Crippen LogP contribution in [0, 0.1) is 6.92 Å². The third-order valence-corrected chi connectivity index (χ3v) is 5.26. The first kappa shape index (κ1) is 15.1. The summed E-state index contributed by atoms with van der Waals surface area (Å²) in [5.41, 5.74) is 3.95. The van der Waals surface area contributed by atoms with Crippen molar-refractivity contribution in [2.75, 3.05) is 0 Å². The molecule has 0 aliphatic heterocycles. The van der Waals surface area contributed by atoms with Gasteiger partial charge in [0.1, 0.15) is 10.7 Å². The zero-order valence-electron chi connectivity index (χ0n) is 12.3. The van der Waals surface area contributed by atoms with E-state index in [1.807, 2.05) is 41.9 Å². The number of benzene rings is 1. The third kappa shape index (κ3) is 2.87. The summed E-state index contributed by atoms with van der Waals surface area (Å²) < 4.78 is 13.5. The second-order valence-corrected chi connectivity index (χ2v) is 6.66. The van der Waals surface area contributed by atoms with E-state index in [4.69, 9.17) is 0 Å². The van der Waals surface area contributed by atoms with Gasteiger partial charge in [0.25, 0.3) is 0 Å². The lowest BCUT2D eigenvalue weighted by molar-refractivity contribution is 0.723. The molecule has 0 radical (unpaired) electrons. The number of aryl methyl sites for hydroxylation is 2. The molecule has 0 N–H and O–H groups in total. The van der Waals surface area contributed by atoms with Gasteiger partial charge < -0.3 is 0 Å². The van der Waals surface area contributed by atoms with Crippen molar-refractivity contribution in [1.82, 2.24) is 9.97 Å². The van der Waals surface area contributed by atoms with E-state index >= 15 is 0 Å². The molecule has 0 saturated heterocycles. The third-order valence-electron chi connectivity index (χ3n) is 3.40. The summed E-state index contributed by atoms with van der Waals surface area (Å²) in [5, 5.41) is 5.82. The van der Waals surface area contributed by atoms with Crippen LogP contribution in [0.4, 0.5) is 4.39 Å². The molecule has 0 aliphatic carbocycles. The summed E-state index contributed by atoms with van der Waals surface area (Å²) in [6.07, 6.45) is 1.56. The average Bonchev–Trinajstić information content (AvgIpc) is 3.18. The molecular weight excluding hydrogens is 315 g/mol. The Morgan fingerprint density at radius 3 is 2.68 bits per heavy atom. The maximum absolute atomic E-state index is 13.5. The van der Waals surface area contributed by atoms with Gasteiger partial charge in [-0.05, 0) is 24.5 Å². The van der Waals surface area contributed by atoms with Crippen LogP contribution in [0.2, 0.25) is 0 Å². The van der Waals surface area contributed by atoms with Crippen LogP contribution in [0.3, 0.4) is 0 Å². The first-order chi connectivity index (χ1) is 10.7. The Bertz CT molecular complexity index is 817. The molecule has 0 bridgehead atoms. The normalized spacial score (nSPS) is 11.9. The predicted molar refractivity (Wildman–Crippen MR) is 92.0 cm³/mol. The van der Waals surface area contributed by atoms with Crippen molar-refractivity contribution < 1.29 is 4.39 Å². The van der Waals surface area contributed by atoms with Crippen molar-refractivity contribution in [3.63, 3.8) is 0 Å². The minimum absolute atomic E-state index is 0.520. The molecule has 0 spiro atoms. The summed E-state index contributed by atoms with van der Waals surface area (Å²) in [6, 6.07) is 7.74. The fraction of sp³-hybridized carbons (Fsp3) is 0.176. The number of hydrogen-bond acceptors (Lipinski definition) is 4. The minimum Gasteiger partial charge on any atom is -0.239 e. The summed E-state index contributed by atoms with van der Waals surface area (Å²) in [4.78, 5) is 9.11. The van der Waals surface area contributed by atoms with E-state index in [0.29, 0.717) is 17.6 Å². The summed E-state index contributed by atoms with van der Waals surface area (Å²) in [5.74, 6) is 0. The van der Waals surface area contributed by atoms with Crippen LogP contribution in [0.1, 0.15) is 28.8 Å². The summed E-state index contributed by atoms with van der Waals surface area (Å²) in [6.45, 7) is 4.05. The molecule has 2 nitrogen and oxygen atoms in total. The van der Waals surface area contributed by atoms with Crippen LogP contribution >= 0.6 is 22.7 Å². The molecule has 3 rings (SSSR count). The Kier molecular flexibility index (Phi) is 4.45. The monoisotopic (exact) mass is 330 g/mol. The maximum atomic E-state index is 13.5. The Morgan fingerprint density at radius 1 is 1.18 bits per heavy atom. The van der Waals surface area contributed by atoms with Crippen molar-refractivity contribution in [3.8, 4) is 10.7 Å². The van der Waals surface area contributed by atoms with Crippen LogP contribution in [0.5, 0.6) is 0 Å². The van der Waals surface area contributed by atoms with Gasteiger partial charge in [-0.2, -0.15) is 0 Å². The van der Waals surface area contributed by atoms with Gasteiger partial charge in [-0.15, -0.1) is 22.7 Å². The van der Waals surface area contributed by atoms with Gasteiger partial charge in [-0.3, -0.25) is 0 Å². The van der Waals surface area contributed by atoms with E-state index in [2.05, 4.69) is 16.9 Å². The van der Waals surface area contributed by atoms with Gasteiger partial charge in [0.15, 0.2) is 0 Å². The van der Waals surface area contributed by atoms with Crippen LogP contribution < -0.4 is 0 Å². The highest BCUT2D eigenvalue weighted by Gasteiger charge is 2.14. The molecule has 1 aromatic carbocycles. The Labute approximate surface area is 137 Å². The lowest BCUT2D eigenvalue weighted by Gasteiger charge is -2.06. The van der Waals surface area contributed by atoms with Gasteiger partial charge in [-0.25, -0.2) is 14.4 Å². The highest BCUT2D eigenvalue weighted by Crippen LogP contribution is 2.31. The lowest BCUT2D eigenvalue weighted by Crippen LogP contribution is -1.91. The first-order valence-electron chi connectivity index (χ1n) is 7.00. The second kappa shape index (κ2) is 6.50. The number of rotatable bonds is 4. The topological polar surface area (TPSA) is 25.8 Å². The second-order valence-electron chi connectivity index (χ2n) is 4.86. The van der Waals surface area contributed by atoms with E-state index in [1.165, 1.54) is 11.3 Å². The molecule has 0 atom stereocenters. The molecule has 0 amide bonds. The van der Waals surface area contributed by atoms with Crippen molar-refractivity contribution in [1.29, 1.82) is 0 Å². The molecule has 0 fully saturated rings. The van der Waals surface area contributed by atoms with E-state index < -0.39 is 0 Å². The van der Waals surface area contributed by atoms with Crippen LogP contribution in [-0.2, 0) is 6.42 Å². The molecule has 5 heteroatoms. The first-order valence-corrected chi connectivity index (χ1v) is 8.76. The number of halogens is 1. The van der Waals surface area contributed by atoms with Crippen molar-refractivity contribution in [2.45, 2.75) is 20.3 Å². The van der Waals surface area contributed by atoms with Crippen molar-refractivity contribution in [2.24, 2.45) is 0 Å². The van der Waals surface area contributed by atoms with Gasteiger partial charge >= 0.3 is 0 Å². The fourth-order valence-corrected chi connectivity index (χ4v) is 3.80. The summed E-state index contributed by atoms with van der Waals surface area (Å²) in [7, 11) is 0. The fourth-order valence-electron chi connectivity index (χ4n) is 2.21. The van der Waals surface area contributed by atoms with Crippen molar-refractivity contribution in [3.05, 3.63) is 63.2 Å². The average molecular weight is 330 g/mol. The summed E-state index contributed by atoms with van der Waals surface area (Å²) >= 11 is 3.13. The number of aromatic nitrogens is 2. The van der Waals surface area contributed by atoms with Gasteiger partial charge in [-0.1, -0.05) is 31.2 Å². The molecule has 112 valence electrons. The zero-order valence-corrected chi connectivity index (χ0v) is 14.0. The number of nitrogens with zero attached hydrogens (tertiary/aromatic N) is 2. The molecule has 0 aliphatic rings. The van der Waals surface area contributed by atoms with E-state index in [1.54, 1.807) is 11.3 Å². The van der Waals surface area contributed by atoms with Crippen LogP contribution in [0.25, 0.3) is 16.3 Å². The van der Waals surface area contributed by atoms with Gasteiger partial charge in [0.2, 0.25) is 0 Å².